The standard InChI is InChI=1S/C24H29N5O2/c1-16-7-5-14-26-23(16)29(20-8-6-13-25-15-20)17(2)18-9-11-19(12-10-18)21-22(27-30)24(3,4)31-28-21/h5,7,9-12,14,20,25,30H,2,6,8,13,15H2,1,3-4H3/b27-22-. The van der Waals surface area contributed by atoms with Gasteiger partial charge in [0.25, 0.3) is 0 Å². The molecule has 1 saturated heterocycles. The first kappa shape index (κ1) is 21.1. The maximum atomic E-state index is 9.44. The van der Waals surface area contributed by atoms with Gasteiger partial charge >= 0.3 is 0 Å². The van der Waals surface area contributed by atoms with Crippen LogP contribution >= 0.6 is 0 Å². The SMILES string of the molecule is C=C(c1ccc(C2=NOC(C)(C)/C2=N\O)cc1)N(c1ncccc1C)C1CCCNC1. The molecule has 162 valence electrons. The number of pyridine rings is 1. The predicted molar refractivity (Wildman–Crippen MR) is 124 cm³/mol. The van der Waals surface area contributed by atoms with Gasteiger partial charge in [-0.2, -0.15) is 0 Å². The Bertz CT molecular complexity index is 1020. The molecule has 0 radical (unpaired) electrons. The summed E-state index contributed by atoms with van der Waals surface area (Å²) in [5.41, 5.74) is 4.05. The van der Waals surface area contributed by atoms with Crippen molar-refractivity contribution in [1.82, 2.24) is 10.3 Å². The molecule has 2 aliphatic heterocycles. The summed E-state index contributed by atoms with van der Waals surface area (Å²) in [5, 5.41) is 20.5. The third-order valence-electron chi connectivity index (χ3n) is 5.89. The second-order valence-electron chi connectivity index (χ2n) is 8.53. The lowest BCUT2D eigenvalue weighted by molar-refractivity contribution is 0.0507. The Morgan fingerprint density at radius 1 is 1.29 bits per heavy atom. The number of benzene rings is 1. The number of anilines is 1. The highest BCUT2D eigenvalue weighted by molar-refractivity contribution is 6.51. The fourth-order valence-corrected chi connectivity index (χ4v) is 4.15. The van der Waals surface area contributed by atoms with E-state index in [0.29, 0.717) is 11.4 Å². The van der Waals surface area contributed by atoms with Crippen LogP contribution in [0.25, 0.3) is 5.70 Å². The zero-order valence-electron chi connectivity index (χ0n) is 18.3. The van der Waals surface area contributed by atoms with Gasteiger partial charge in [-0.05, 0) is 57.4 Å². The summed E-state index contributed by atoms with van der Waals surface area (Å²) in [4.78, 5) is 12.4. The molecule has 1 fully saturated rings. The molecular weight excluding hydrogens is 390 g/mol. The molecule has 31 heavy (non-hydrogen) atoms. The molecule has 7 nitrogen and oxygen atoms in total. The number of hydrogen-bond acceptors (Lipinski definition) is 7. The van der Waals surface area contributed by atoms with Crippen LogP contribution in [0.5, 0.6) is 0 Å². The maximum Gasteiger partial charge on any atom is 0.179 e. The van der Waals surface area contributed by atoms with Crippen LogP contribution in [0.1, 0.15) is 43.4 Å². The van der Waals surface area contributed by atoms with E-state index in [9.17, 15) is 5.21 Å². The van der Waals surface area contributed by atoms with Gasteiger partial charge in [-0.3, -0.25) is 0 Å². The number of nitrogens with zero attached hydrogens (tertiary/aromatic N) is 4. The summed E-state index contributed by atoms with van der Waals surface area (Å²) in [6, 6.07) is 12.3. The first-order chi connectivity index (χ1) is 14.9. The third kappa shape index (κ3) is 4.05. The number of hydrogen-bond donors (Lipinski definition) is 2. The molecule has 0 saturated carbocycles. The summed E-state index contributed by atoms with van der Waals surface area (Å²) < 4.78 is 0. The predicted octanol–water partition coefficient (Wildman–Crippen LogP) is 3.96. The zero-order chi connectivity index (χ0) is 22.0. The van der Waals surface area contributed by atoms with Crippen molar-refractivity contribution in [2.45, 2.75) is 45.3 Å². The van der Waals surface area contributed by atoms with Crippen LogP contribution in [0.2, 0.25) is 0 Å². The van der Waals surface area contributed by atoms with E-state index in [1.807, 2.05) is 50.4 Å². The molecule has 1 unspecified atom stereocenters. The van der Waals surface area contributed by atoms with Crippen LogP contribution in [0, 0.1) is 6.92 Å². The zero-order valence-corrected chi connectivity index (χ0v) is 18.3. The van der Waals surface area contributed by atoms with E-state index in [4.69, 9.17) is 4.84 Å². The highest BCUT2D eigenvalue weighted by Gasteiger charge is 2.38. The molecular formula is C24H29N5O2. The summed E-state index contributed by atoms with van der Waals surface area (Å²) >= 11 is 0. The Labute approximate surface area is 183 Å². The van der Waals surface area contributed by atoms with Crippen molar-refractivity contribution in [3.05, 3.63) is 65.9 Å². The molecule has 0 spiro atoms. The van der Waals surface area contributed by atoms with Crippen molar-refractivity contribution in [3.8, 4) is 0 Å². The van der Waals surface area contributed by atoms with Gasteiger partial charge in [-0.25, -0.2) is 4.98 Å². The Balaban J connectivity index is 1.64. The minimum atomic E-state index is -0.756. The van der Waals surface area contributed by atoms with E-state index in [-0.39, 0.29) is 6.04 Å². The topological polar surface area (TPSA) is 82.3 Å². The summed E-state index contributed by atoms with van der Waals surface area (Å²) in [7, 11) is 0. The molecule has 1 atom stereocenters. The van der Waals surface area contributed by atoms with Crippen molar-refractivity contribution in [1.29, 1.82) is 0 Å². The Hall–Kier alpha value is -3.19. The van der Waals surface area contributed by atoms with E-state index in [1.54, 1.807) is 0 Å². The highest BCUT2D eigenvalue weighted by Crippen LogP contribution is 2.31. The molecule has 7 heteroatoms. The average molecular weight is 420 g/mol. The molecule has 1 aromatic carbocycles. The van der Waals surface area contributed by atoms with Gasteiger partial charge in [0, 0.05) is 30.0 Å². The van der Waals surface area contributed by atoms with E-state index < -0.39 is 5.60 Å². The van der Waals surface area contributed by atoms with Crippen LogP contribution in [-0.2, 0) is 4.84 Å². The normalized spacial score (nSPS) is 21.5. The van der Waals surface area contributed by atoms with Crippen LogP contribution in [0.15, 0.2) is 59.5 Å². The van der Waals surface area contributed by atoms with E-state index in [0.717, 1.165) is 54.1 Å². The molecule has 4 rings (SSSR count). The number of aryl methyl sites for hydroxylation is 1. The molecule has 2 N–H and O–H groups in total. The van der Waals surface area contributed by atoms with E-state index in [1.165, 1.54) is 0 Å². The average Bonchev–Trinajstić information content (AvgIpc) is 3.10. The Kier molecular flexibility index (Phi) is 5.78. The Morgan fingerprint density at radius 2 is 2.06 bits per heavy atom. The number of nitrogens with one attached hydrogen (secondary N) is 1. The number of rotatable bonds is 5. The van der Waals surface area contributed by atoms with Gasteiger partial charge < -0.3 is 20.3 Å². The minimum Gasteiger partial charge on any atom is -0.410 e. The summed E-state index contributed by atoms with van der Waals surface area (Å²) in [5.74, 6) is 0.940. The number of aromatic nitrogens is 1. The number of piperidine rings is 1. The first-order valence-corrected chi connectivity index (χ1v) is 10.6. The van der Waals surface area contributed by atoms with Crippen molar-refractivity contribution in [2.24, 2.45) is 10.3 Å². The summed E-state index contributed by atoms with van der Waals surface area (Å²) in [6.07, 6.45) is 4.04. The van der Waals surface area contributed by atoms with E-state index >= 15 is 0 Å². The van der Waals surface area contributed by atoms with Crippen LogP contribution < -0.4 is 10.2 Å². The molecule has 0 aliphatic carbocycles. The molecule has 0 bridgehead atoms. The van der Waals surface area contributed by atoms with Crippen LogP contribution in [-0.4, -0.2) is 46.3 Å². The monoisotopic (exact) mass is 419 g/mol. The summed E-state index contributed by atoms with van der Waals surface area (Å²) in [6.45, 7) is 12.1. The first-order valence-electron chi connectivity index (χ1n) is 10.6. The number of oxime groups is 2. The largest absolute Gasteiger partial charge is 0.410 e. The maximum absolute atomic E-state index is 9.44. The van der Waals surface area contributed by atoms with Gasteiger partial charge in [0.1, 0.15) is 11.5 Å². The van der Waals surface area contributed by atoms with Gasteiger partial charge in [-0.1, -0.05) is 47.2 Å². The quantitative estimate of drug-likeness (QED) is 0.566. The molecule has 0 amide bonds. The van der Waals surface area contributed by atoms with Crippen molar-refractivity contribution in [2.75, 3.05) is 18.0 Å². The molecule has 3 heterocycles. The fourth-order valence-electron chi connectivity index (χ4n) is 4.15. The second-order valence-corrected chi connectivity index (χ2v) is 8.53. The molecule has 2 aliphatic rings. The lowest BCUT2D eigenvalue weighted by atomic mass is 9.94. The third-order valence-corrected chi connectivity index (χ3v) is 5.89. The Morgan fingerprint density at radius 3 is 2.71 bits per heavy atom. The lowest BCUT2D eigenvalue weighted by Gasteiger charge is -2.37. The van der Waals surface area contributed by atoms with Crippen molar-refractivity contribution >= 4 is 22.9 Å². The van der Waals surface area contributed by atoms with Crippen LogP contribution in [0.3, 0.4) is 0 Å². The lowest BCUT2D eigenvalue weighted by Crippen LogP contribution is -2.45. The second kappa shape index (κ2) is 8.51. The van der Waals surface area contributed by atoms with E-state index in [2.05, 4.69) is 45.1 Å². The van der Waals surface area contributed by atoms with Gasteiger partial charge in [-0.15, -0.1) is 0 Å². The van der Waals surface area contributed by atoms with Gasteiger partial charge in [0.05, 0.1) is 0 Å². The molecule has 1 aromatic heterocycles. The smallest absolute Gasteiger partial charge is 0.179 e. The fraction of sp³-hybridized carbons (Fsp3) is 0.375. The van der Waals surface area contributed by atoms with Gasteiger partial charge in [0.15, 0.2) is 11.3 Å². The van der Waals surface area contributed by atoms with Crippen molar-refractivity contribution < 1.29 is 10.0 Å². The van der Waals surface area contributed by atoms with Crippen molar-refractivity contribution in [3.63, 3.8) is 0 Å². The minimum absolute atomic E-state index is 0.288. The molecule has 2 aromatic rings. The van der Waals surface area contributed by atoms with Crippen LogP contribution in [0.4, 0.5) is 5.82 Å². The van der Waals surface area contributed by atoms with Gasteiger partial charge in [0.2, 0.25) is 0 Å². The highest BCUT2D eigenvalue weighted by atomic mass is 16.7.